The molecule has 0 saturated carbocycles. The van der Waals surface area contributed by atoms with Crippen LogP contribution in [0.5, 0.6) is 5.75 Å². The summed E-state index contributed by atoms with van der Waals surface area (Å²) >= 11 is 1.57. The number of anilines is 1. The molecule has 158 valence electrons. The molecule has 0 radical (unpaired) electrons. The summed E-state index contributed by atoms with van der Waals surface area (Å²) < 4.78 is 7.55. The first-order valence-corrected chi connectivity index (χ1v) is 11.0. The van der Waals surface area contributed by atoms with Gasteiger partial charge in [-0.2, -0.15) is 9.78 Å². The Morgan fingerprint density at radius 1 is 1.26 bits per heavy atom. The molecule has 1 aliphatic rings. The highest BCUT2D eigenvalue weighted by molar-refractivity contribution is 8.00. The van der Waals surface area contributed by atoms with E-state index in [1.54, 1.807) is 22.8 Å². The number of fused-ring (bicyclic) bond motifs is 2. The topological polar surface area (TPSA) is 111 Å². The van der Waals surface area contributed by atoms with E-state index in [2.05, 4.69) is 31.3 Å². The lowest BCUT2D eigenvalue weighted by molar-refractivity contribution is -0.113. The monoisotopic (exact) mass is 435 g/mol. The number of aromatic nitrogens is 6. The van der Waals surface area contributed by atoms with Gasteiger partial charge in [0.25, 0.3) is 0 Å². The van der Waals surface area contributed by atoms with Gasteiger partial charge >= 0.3 is 0 Å². The van der Waals surface area contributed by atoms with Crippen LogP contribution in [0.2, 0.25) is 0 Å². The van der Waals surface area contributed by atoms with Crippen molar-refractivity contribution in [3.05, 3.63) is 53.7 Å². The first-order chi connectivity index (χ1) is 15.0. The highest BCUT2D eigenvalue weighted by Gasteiger charge is 2.31. The van der Waals surface area contributed by atoms with Crippen molar-refractivity contribution in [3.63, 3.8) is 0 Å². The zero-order valence-corrected chi connectivity index (χ0v) is 18.1. The van der Waals surface area contributed by atoms with E-state index in [4.69, 9.17) is 9.84 Å². The third-order valence-electron chi connectivity index (χ3n) is 4.94. The molecule has 0 saturated heterocycles. The molecular formula is C21H21N7O2S. The Morgan fingerprint density at radius 3 is 2.97 bits per heavy atom. The third-order valence-corrected chi connectivity index (χ3v) is 6.21. The van der Waals surface area contributed by atoms with Crippen molar-refractivity contribution in [3.8, 4) is 11.6 Å². The minimum atomic E-state index is -0.0856. The summed E-state index contributed by atoms with van der Waals surface area (Å²) in [6.07, 6.45) is 3.09. The van der Waals surface area contributed by atoms with E-state index in [1.807, 2.05) is 39.0 Å². The quantitative estimate of drug-likeness (QED) is 0.505. The maximum Gasteiger partial charge on any atom is 0.235 e. The van der Waals surface area contributed by atoms with Gasteiger partial charge in [0, 0.05) is 5.56 Å². The van der Waals surface area contributed by atoms with E-state index in [1.165, 1.54) is 6.33 Å². The van der Waals surface area contributed by atoms with Crippen molar-refractivity contribution in [2.45, 2.75) is 32.1 Å². The summed E-state index contributed by atoms with van der Waals surface area (Å²) in [5, 5.41) is 7.68. The summed E-state index contributed by atoms with van der Waals surface area (Å²) in [5.74, 6) is 2.20. The van der Waals surface area contributed by atoms with Crippen molar-refractivity contribution < 1.29 is 9.53 Å². The smallest absolute Gasteiger partial charge is 0.235 e. The molecule has 0 spiro atoms. The summed E-state index contributed by atoms with van der Waals surface area (Å²) in [7, 11) is 0. The van der Waals surface area contributed by atoms with Crippen LogP contribution in [0.1, 0.15) is 35.9 Å². The molecule has 10 heteroatoms. The van der Waals surface area contributed by atoms with Gasteiger partial charge in [-0.15, -0.1) is 11.8 Å². The lowest BCUT2D eigenvalue weighted by Crippen LogP contribution is -2.16. The number of aryl methyl sites for hydroxylation is 1. The predicted molar refractivity (Wildman–Crippen MR) is 119 cm³/mol. The van der Waals surface area contributed by atoms with Crippen molar-refractivity contribution in [2.24, 2.45) is 0 Å². The van der Waals surface area contributed by atoms with Crippen LogP contribution in [0.15, 0.2) is 36.9 Å². The molecule has 4 heterocycles. The Hall–Kier alpha value is -3.40. The Morgan fingerprint density at radius 2 is 2.13 bits per heavy atom. The summed E-state index contributed by atoms with van der Waals surface area (Å²) in [4.78, 5) is 28.4. The number of hydrogen-bond donors (Lipinski definition) is 2. The van der Waals surface area contributed by atoms with Gasteiger partial charge in [0.1, 0.15) is 23.4 Å². The number of nitrogens with one attached hydrogen (secondary N) is 2. The van der Waals surface area contributed by atoms with Crippen molar-refractivity contribution >= 4 is 34.7 Å². The lowest BCUT2D eigenvalue weighted by atomic mass is 10.0. The lowest BCUT2D eigenvalue weighted by Gasteiger charge is -2.17. The van der Waals surface area contributed by atoms with Crippen LogP contribution in [0.4, 0.5) is 5.82 Å². The minimum absolute atomic E-state index is 0.0786. The van der Waals surface area contributed by atoms with Crippen LogP contribution in [0, 0.1) is 6.92 Å². The van der Waals surface area contributed by atoms with E-state index in [-0.39, 0.29) is 17.3 Å². The number of carbonyl (C=O) groups excluding carboxylic acids is 1. The highest BCUT2D eigenvalue weighted by Crippen LogP contribution is 2.44. The molecule has 1 atom stereocenters. The summed E-state index contributed by atoms with van der Waals surface area (Å²) in [5.41, 5.74) is 4.01. The second-order valence-electron chi connectivity index (χ2n) is 7.54. The molecule has 31 heavy (non-hydrogen) atoms. The minimum Gasteiger partial charge on any atom is -0.491 e. The summed E-state index contributed by atoms with van der Waals surface area (Å²) in [6, 6.07) is 8.01. The molecule has 0 fully saturated rings. The van der Waals surface area contributed by atoms with Gasteiger partial charge in [0.2, 0.25) is 5.91 Å². The molecule has 0 unspecified atom stereocenters. The number of H-pyrrole nitrogens is 1. The van der Waals surface area contributed by atoms with Gasteiger partial charge in [-0.05, 0) is 38.5 Å². The molecule has 0 bridgehead atoms. The van der Waals surface area contributed by atoms with E-state index >= 15 is 0 Å². The van der Waals surface area contributed by atoms with E-state index in [0.29, 0.717) is 28.6 Å². The van der Waals surface area contributed by atoms with Crippen LogP contribution < -0.4 is 10.1 Å². The van der Waals surface area contributed by atoms with Crippen LogP contribution in [0.25, 0.3) is 17.0 Å². The molecule has 0 aliphatic carbocycles. The molecule has 4 aromatic rings. The molecule has 9 nitrogen and oxygen atoms in total. The molecule has 1 aliphatic heterocycles. The van der Waals surface area contributed by atoms with Gasteiger partial charge in [-0.3, -0.25) is 4.79 Å². The number of thioether (sulfide) groups is 1. The maximum absolute atomic E-state index is 12.6. The van der Waals surface area contributed by atoms with E-state index in [0.717, 1.165) is 22.6 Å². The number of imidazole rings is 1. The average molecular weight is 436 g/mol. The standard InChI is InChI=1S/C21H21N7O2S/c1-11(2)30-14-6-4-5-13(7-14)18-16-12(3)27-28(20(16)26-15(29)8-31-18)21-17-19(23-9-22-17)24-10-25-21/h4-7,9-11,18H,8H2,1-3H3,(H,26,29)(H,22,23,24,25)/t18-/m0/s1. The van der Waals surface area contributed by atoms with Crippen molar-refractivity contribution in [1.29, 1.82) is 0 Å². The van der Waals surface area contributed by atoms with Crippen LogP contribution in [-0.2, 0) is 4.79 Å². The molecule has 1 aromatic carbocycles. The number of carbonyl (C=O) groups is 1. The zero-order valence-electron chi connectivity index (χ0n) is 17.3. The Balaban J connectivity index is 1.67. The van der Waals surface area contributed by atoms with Crippen LogP contribution in [0.3, 0.4) is 0 Å². The first kappa shape index (κ1) is 19.6. The third kappa shape index (κ3) is 3.52. The van der Waals surface area contributed by atoms with Crippen LogP contribution in [-0.4, -0.2) is 47.5 Å². The molecule has 3 aromatic heterocycles. The van der Waals surface area contributed by atoms with Crippen molar-refractivity contribution in [1.82, 2.24) is 29.7 Å². The largest absolute Gasteiger partial charge is 0.491 e. The fourth-order valence-corrected chi connectivity index (χ4v) is 4.91. The zero-order chi connectivity index (χ0) is 21.5. The number of rotatable bonds is 4. The van der Waals surface area contributed by atoms with E-state index in [9.17, 15) is 4.79 Å². The number of nitrogens with zero attached hydrogens (tertiary/aromatic N) is 5. The fraction of sp³-hybridized carbons (Fsp3) is 0.286. The van der Waals surface area contributed by atoms with Gasteiger partial charge in [0.15, 0.2) is 11.5 Å². The van der Waals surface area contributed by atoms with Crippen LogP contribution >= 0.6 is 11.8 Å². The predicted octanol–water partition coefficient (Wildman–Crippen LogP) is 3.41. The average Bonchev–Trinajstić information content (AvgIpc) is 3.28. The normalized spacial score (nSPS) is 16.3. The van der Waals surface area contributed by atoms with Gasteiger partial charge < -0.3 is 15.0 Å². The van der Waals surface area contributed by atoms with Gasteiger partial charge in [-0.25, -0.2) is 15.0 Å². The fourth-order valence-electron chi connectivity index (χ4n) is 3.74. The maximum atomic E-state index is 12.6. The Bertz CT molecular complexity index is 1280. The summed E-state index contributed by atoms with van der Waals surface area (Å²) in [6.45, 7) is 5.94. The van der Waals surface area contributed by atoms with Crippen molar-refractivity contribution in [2.75, 3.05) is 11.1 Å². The number of amides is 1. The highest BCUT2D eigenvalue weighted by atomic mass is 32.2. The van der Waals surface area contributed by atoms with E-state index < -0.39 is 0 Å². The molecule has 1 amide bonds. The Kier molecular flexibility index (Phi) is 4.85. The first-order valence-electron chi connectivity index (χ1n) is 9.93. The number of benzene rings is 1. The number of aromatic amines is 1. The molecular weight excluding hydrogens is 414 g/mol. The van der Waals surface area contributed by atoms with Gasteiger partial charge in [-0.1, -0.05) is 12.1 Å². The molecule has 2 N–H and O–H groups in total. The second kappa shape index (κ2) is 7.69. The molecule has 5 rings (SSSR count). The van der Waals surface area contributed by atoms with Gasteiger partial charge in [0.05, 0.1) is 29.1 Å². The second-order valence-corrected chi connectivity index (χ2v) is 8.63. The SMILES string of the molecule is Cc1nn(-c2ncnc3nc[nH]c23)c2c1[C@H](c1cccc(OC(C)C)c1)SCC(=O)N2. The number of hydrogen-bond acceptors (Lipinski definition) is 7. The number of ether oxygens (including phenoxy) is 1. The Labute approximate surface area is 182 Å².